The van der Waals surface area contributed by atoms with Crippen LogP contribution in [-0.2, 0) is 0 Å². The Hall–Kier alpha value is 0.390. The number of nitrogens with two attached hydrogens (primary N) is 1. The zero-order valence-electron chi connectivity index (χ0n) is 7.14. The largest absolute Gasteiger partial charge is 0.330 e. The minimum atomic E-state index is 0.748. The Balaban J connectivity index is 3.13. The Labute approximate surface area is 67.0 Å². The first kappa shape index (κ1) is 10.4. The van der Waals surface area contributed by atoms with Gasteiger partial charge in [-0.15, -0.1) is 9.24 Å². The molecule has 0 aliphatic heterocycles. The first-order valence-electron chi connectivity index (χ1n) is 4.14. The van der Waals surface area contributed by atoms with Gasteiger partial charge in [0.1, 0.15) is 0 Å². The molecule has 0 radical (unpaired) electrons. The van der Waals surface area contributed by atoms with Gasteiger partial charge in [0, 0.05) is 0 Å². The molecular weight excluding hydrogens is 141 g/mol. The minimum absolute atomic E-state index is 0.748. The predicted molar refractivity (Wildman–Crippen MR) is 51.2 cm³/mol. The lowest BCUT2D eigenvalue weighted by molar-refractivity contribution is 0.497. The minimum Gasteiger partial charge on any atom is -0.330 e. The highest BCUT2D eigenvalue weighted by atomic mass is 31.0. The third kappa shape index (κ3) is 5.20. The van der Waals surface area contributed by atoms with Crippen molar-refractivity contribution < 1.29 is 0 Å². The van der Waals surface area contributed by atoms with Gasteiger partial charge in [-0.25, -0.2) is 0 Å². The lowest BCUT2D eigenvalue weighted by Gasteiger charge is -2.13. The van der Waals surface area contributed by atoms with Gasteiger partial charge in [-0.2, -0.15) is 0 Å². The van der Waals surface area contributed by atoms with Crippen molar-refractivity contribution in [2.75, 3.05) is 6.54 Å². The highest BCUT2D eigenvalue weighted by molar-refractivity contribution is 7.17. The van der Waals surface area contributed by atoms with Gasteiger partial charge in [0.25, 0.3) is 0 Å². The van der Waals surface area contributed by atoms with Crippen molar-refractivity contribution >= 4 is 9.24 Å². The zero-order valence-corrected chi connectivity index (χ0v) is 8.29. The van der Waals surface area contributed by atoms with E-state index < -0.39 is 0 Å². The first-order chi connectivity index (χ1) is 4.68. The highest BCUT2D eigenvalue weighted by Crippen LogP contribution is 2.17. The van der Waals surface area contributed by atoms with Crippen molar-refractivity contribution in [2.24, 2.45) is 11.7 Å². The Kier molecular flexibility index (Phi) is 6.36. The lowest BCUT2D eigenvalue weighted by atomic mass is 10.0. The van der Waals surface area contributed by atoms with Gasteiger partial charge in [0.15, 0.2) is 0 Å². The van der Waals surface area contributed by atoms with Crippen LogP contribution in [0.2, 0.25) is 0 Å². The van der Waals surface area contributed by atoms with E-state index in [1.807, 2.05) is 0 Å². The molecule has 2 heteroatoms. The molecule has 0 aromatic heterocycles. The van der Waals surface area contributed by atoms with Crippen molar-refractivity contribution in [1.29, 1.82) is 0 Å². The predicted octanol–water partition coefficient (Wildman–Crippen LogP) is 2.02. The van der Waals surface area contributed by atoms with Crippen molar-refractivity contribution in [3.8, 4) is 0 Å². The van der Waals surface area contributed by atoms with Gasteiger partial charge in [0.05, 0.1) is 0 Å². The van der Waals surface area contributed by atoms with E-state index in [2.05, 4.69) is 23.1 Å². The second-order valence-corrected chi connectivity index (χ2v) is 4.17. The van der Waals surface area contributed by atoms with Gasteiger partial charge in [-0.3, -0.25) is 0 Å². The highest BCUT2D eigenvalue weighted by Gasteiger charge is 2.05. The van der Waals surface area contributed by atoms with Crippen LogP contribution in [0.15, 0.2) is 0 Å². The Morgan fingerprint density at radius 1 is 1.30 bits per heavy atom. The maximum Gasteiger partial charge on any atom is -0.00773 e. The maximum atomic E-state index is 5.39. The number of hydrogen-bond acceptors (Lipinski definition) is 1. The third-order valence-electron chi connectivity index (χ3n) is 2.01. The fraction of sp³-hybridized carbons (Fsp3) is 1.00. The van der Waals surface area contributed by atoms with Crippen molar-refractivity contribution in [3.63, 3.8) is 0 Å². The van der Waals surface area contributed by atoms with E-state index in [-0.39, 0.29) is 0 Å². The van der Waals surface area contributed by atoms with E-state index in [0.29, 0.717) is 0 Å². The van der Waals surface area contributed by atoms with Crippen LogP contribution in [0, 0.1) is 5.92 Å². The van der Waals surface area contributed by atoms with Crippen LogP contribution in [0.5, 0.6) is 0 Å². The second-order valence-electron chi connectivity index (χ2n) is 3.12. The molecule has 3 unspecified atom stereocenters. The fourth-order valence-electron chi connectivity index (χ4n) is 0.874. The molecular formula is C8H20NP. The Morgan fingerprint density at radius 3 is 2.30 bits per heavy atom. The summed E-state index contributed by atoms with van der Waals surface area (Å²) < 4.78 is 0. The summed E-state index contributed by atoms with van der Waals surface area (Å²) in [6.07, 6.45) is 3.79. The molecule has 0 aromatic rings. The summed E-state index contributed by atoms with van der Waals surface area (Å²) in [4.78, 5) is 0. The molecule has 0 rings (SSSR count). The number of hydrogen-bond donors (Lipinski definition) is 1. The quantitative estimate of drug-likeness (QED) is 0.484. The molecule has 0 aliphatic rings. The van der Waals surface area contributed by atoms with Crippen LogP contribution in [0.1, 0.15) is 33.1 Å². The van der Waals surface area contributed by atoms with Crippen molar-refractivity contribution in [3.05, 3.63) is 0 Å². The maximum absolute atomic E-state index is 5.39. The van der Waals surface area contributed by atoms with Crippen LogP contribution in [0.25, 0.3) is 0 Å². The topological polar surface area (TPSA) is 26.0 Å². The van der Waals surface area contributed by atoms with E-state index in [9.17, 15) is 0 Å². The second kappa shape index (κ2) is 6.12. The van der Waals surface area contributed by atoms with Crippen molar-refractivity contribution in [1.82, 2.24) is 0 Å². The molecule has 0 saturated carbocycles. The molecule has 10 heavy (non-hydrogen) atoms. The molecule has 0 aliphatic carbocycles. The van der Waals surface area contributed by atoms with Gasteiger partial charge in [-0.1, -0.05) is 26.7 Å². The van der Waals surface area contributed by atoms with E-state index >= 15 is 0 Å². The standard InChI is InChI=1S/C8H20NP/c1-7(8(2)10)5-3-4-6-9/h7-8H,3-6,9-10H2,1-2H3. The average molecular weight is 161 g/mol. The van der Waals surface area contributed by atoms with Crippen LogP contribution < -0.4 is 5.73 Å². The smallest absolute Gasteiger partial charge is 0.00773 e. The summed E-state index contributed by atoms with van der Waals surface area (Å²) in [6.45, 7) is 5.39. The van der Waals surface area contributed by atoms with Crippen LogP contribution in [0.4, 0.5) is 0 Å². The molecule has 0 amide bonds. The summed E-state index contributed by atoms with van der Waals surface area (Å²) >= 11 is 0. The average Bonchev–Trinajstić information content (AvgIpc) is 1.88. The van der Waals surface area contributed by atoms with Crippen LogP contribution in [-0.4, -0.2) is 12.2 Å². The zero-order chi connectivity index (χ0) is 7.98. The third-order valence-corrected chi connectivity index (χ3v) is 2.67. The summed E-state index contributed by atoms with van der Waals surface area (Å²) in [7, 11) is 2.85. The molecule has 2 N–H and O–H groups in total. The normalized spacial score (nSPS) is 16.8. The molecule has 1 nitrogen and oxygen atoms in total. The van der Waals surface area contributed by atoms with E-state index in [1.165, 1.54) is 19.3 Å². The Bertz CT molecular complexity index is 73.7. The fourth-order valence-corrected chi connectivity index (χ4v) is 1.07. The Morgan fingerprint density at radius 2 is 1.90 bits per heavy atom. The summed E-state index contributed by atoms with van der Waals surface area (Å²) in [6, 6.07) is 0. The van der Waals surface area contributed by atoms with Gasteiger partial charge < -0.3 is 5.73 Å². The summed E-state index contributed by atoms with van der Waals surface area (Å²) in [5, 5.41) is 0. The molecule has 0 aromatic carbocycles. The molecule has 0 saturated heterocycles. The van der Waals surface area contributed by atoms with Crippen LogP contribution in [0.3, 0.4) is 0 Å². The molecule has 62 valence electrons. The molecule has 3 atom stereocenters. The van der Waals surface area contributed by atoms with E-state index in [1.54, 1.807) is 0 Å². The lowest BCUT2D eigenvalue weighted by Crippen LogP contribution is -2.07. The number of unbranched alkanes of at least 4 members (excludes halogenated alkanes) is 1. The number of rotatable bonds is 5. The van der Waals surface area contributed by atoms with Gasteiger partial charge in [0.2, 0.25) is 0 Å². The van der Waals surface area contributed by atoms with E-state index in [0.717, 1.165) is 18.1 Å². The molecule has 0 fully saturated rings. The van der Waals surface area contributed by atoms with Crippen molar-refractivity contribution in [2.45, 2.75) is 38.8 Å². The monoisotopic (exact) mass is 161 g/mol. The van der Waals surface area contributed by atoms with Gasteiger partial charge in [-0.05, 0) is 24.5 Å². The summed E-state index contributed by atoms with van der Waals surface area (Å²) in [5.41, 5.74) is 6.13. The van der Waals surface area contributed by atoms with E-state index in [4.69, 9.17) is 5.73 Å². The molecule has 0 spiro atoms. The molecule has 0 heterocycles. The van der Waals surface area contributed by atoms with Gasteiger partial charge >= 0.3 is 0 Å². The first-order valence-corrected chi connectivity index (χ1v) is 4.80. The SMILES string of the molecule is CC(P)C(C)CCCCN. The van der Waals surface area contributed by atoms with Crippen LogP contribution >= 0.6 is 9.24 Å². The molecule has 0 bridgehead atoms. The summed E-state index contributed by atoms with van der Waals surface area (Å²) in [5.74, 6) is 0.830.